The molecule has 3 fully saturated rings. The van der Waals surface area contributed by atoms with Crippen LogP contribution in [0, 0.1) is 11.8 Å². The molecule has 25 heavy (non-hydrogen) atoms. The third kappa shape index (κ3) is 4.07. The number of methoxy groups -OCH3 is 2. The Bertz CT molecular complexity index is 612. The van der Waals surface area contributed by atoms with Crippen molar-refractivity contribution < 1.29 is 14.3 Å². The lowest BCUT2D eigenvalue weighted by Gasteiger charge is -2.49. The number of hydrogen-bond donors (Lipinski definition) is 2. The number of amides is 2. The molecule has 6 heteroatoms. The van der Waals surface area contributed by atoms with Gasteiger partial charge in [-0.1, -0.05) is 6.08 Å². The smallest absolute Gasteiger partial charge is 0.319 e. The highest BCUT2D eigenvalue weighted by Crippen LogP contribution is 2.36. The van der Waals surface area contributed by atoms with Gasteiger partial charge in [0.05, 0.1) is 14.2 Å². The summed E-state index contributed by atoms with van der Waals surface area (Å²) in [6.07, 6.45) is 4.45. The molecule has 3 aliphatic heterocycles. The molecule has 2 amide bonds. The molecule has 0 aliphatic carbocycles. The van der Waals surface area contributed by atoms with Crippen LogP contribution in [-0.2, 0) is 0 Å². The van der Waals surface area contributed by atoms with Gasteiger partial charge in [0.15, 0.2) is 0 Å². The number of nitrogens with one attached hydrogen (secondary N) is 2. The summed E-state index contributed by atoms with van der Waals surface area (Å²) in [6, 6.07) is 5.51. The first-order valence-corrected chi connectivity index (χ1v) is 8.77. The summed E-state index contributed by atoms with van der Waals surface area (Å²) in [6.45, 7) is 6.80. The standard InChI is InChI=1S/C19H27N3O3/c1-4-13-12-22-6-5-14(13)7-16(22)11-20-19(23)21-15-8-17(24-2)10-18(9-15)25-3/h4,8-10,13-14,16H,1,5-7,11-12H2,2-3H3,(H2,20,21,23)/t13-,14-,16+/m0/s1. The normalized spacial score (nSPS) is 27.4. The van der Waals surface area contributed by atoms with Crippen LogP contribution in [0.5, 0.6) is 11.5 Å². The third-order valence-corrected chi connectivity index (χ3v) is 5.34. The van der Waals surface area contributed by atoms with Crippen molar-refractivity contribution in [2.75, 3.05) is 39.2 Å². The Hall–Kier alpha value is -2.21. The summed E-state index contributed by atoms with van der Waals surface area (Å²) in [4.78, 5) is 14.7. The minimum Gasteiger partial charge on any atom is -0.497 e. The lowest BCUT2D eigenvalue weighted by molar-refractivity contribution is 0.0209. The van der Waals surface area contributed by atoms with Gasteiger partial charge in [0.1, 0.15) is 11.5 Å². The van der Waals surface area contributed by atoms with E-state index in [9.17, 15) is 4.79 Å². The van der Waals surface area contributed by atoms with Crippen molar-refractivity contribution in [1.29, 1.82) is 0 Å². The first kappa shape index (κ1) is 17.6. The third-order valence-electron chi connectivity index (χ3n) is 5.34. The van der Waals surface area contributed by atoms with E-state index in [2.05, 4.69) is 28.2 Å². The monoisotopic (exact) mass is 345 g/mol. The highest BCUT2D eigenvalue weighted by molar-refractivity contribution is 5.89. The van der Waals surface area contributed by atoms with Crippen LogP contribution in [0.15, 0.2) is 30.9 Å². The number of carbonyl (C=O) groups is 1. The zero-order valence-electron chi connectivity index (χ0n) is 15.0. The van der Waals surface area contributed by atoms with Crippen molar-refractivity contribution >= 4 is 11.7 Å². The molecule has 6 nitrogen and oxygen atoms in total. The number of piperidine rings is 3. The molecule has 4 rings (SSSR count). The van der Waals surface area contributed by atoms with Gasteiger partial charge in [-0.3, -0.25) is 4.90 Å². The number of nitrogens with zero attached hydrogens (tertiary/aromatic N) is 1. The maximum absolute atomic E-state index is 12.2. The number of hydrogen-bond acceptors (Lipinski definition) is 4. The van der Waals surface area contributed by atoms with Crippen LogP contribution in [0.1, 0.15) is 12.8 Å². The largest absolute Gasteiger partial charge is 0.497 e. The fraction of sp³-hybridized carbons (Fsp3) is 0.526. The second-order valence-corrected chi connectivity index (χ2v) is 6.77. The quantitative estimate of drug-likeness (QED) is 0.778. The van der Waals surface area contributed by atoms with Crippen LogP contribution in [0.25, 0.3) is 0 Å². The zero-order chi connectivity index (χ0) is 17.8. The van der Waals surface area contributed by atoms with Crippen molar-refractivity contribution in [3.63, 3.8) is 0 Å². The number of benzene rings is 1. The van der Waals surface area contributed by atoms with Gasteiger partial charge in [-0.2, -0.15) is 0 Å². The van der Waals surface area contributed by atoms with Crippen molar-refractivity contribution in [3.8, 4) is 11.5 Å². The Kier molecular flexibility index (Phi) is 5.48. The summed E-state index contributed by atoms with van der Waals surface area (Å²) in [5.41, 5.74) is 0.644. The van der Waals surface area contributed by atoms with E-state index in [4.69, 9.17) is 9.47 Å². The highest BCUT2D eigenvalue weighted by Gasteiger charge is 2.38. The Morgan fingerprint density at radius 2 is 2.04 bits per heavy atom. The number of fused-ring (bicyclic) bond motifs is 3. The Morgan fingerprint density at radius 1 is 1.32 bits per heavy atom. The molecule has 1 aromatic rings. The molecule has 0 radical (unpaired) electrons. The van der Waals surface area contributed by atoms with Gasteiger partial charge < -0.3 is 20.1 Å². The SMILES string of the molecule is C=C[C@H]1CN2CC[C@H]1C[C@@H]2CNC(=O)Nc1cc(OC)cc(OC)c1. The summed E-state index contributed by atoms with van der Waals surface area (Å²) < 4.78 is 10.4. The number of urea groups is 1. The molecule has 3 saturated heterocycles. The number of ether oxygens (including phenoxy) is 2. The van der Waals surface area contributed by atoms with Gasteiger partial charge in [-0.05, 0) is 31.2 Å². The van der Waals surface area contributed by atoms with Crippen LogP contribution in [0.2, 0.25) is 0 Å². The molecule has 1 unspecified atom stereocenters. The molecule has 1 aromatic carbocycles. The van der Waals surface area contributed by atoms with Crippen molar-refractivity contribution in [2.24, 2.45) is 11.8 Å². The number of anilines is 1. The lowest BCUT2D eigenvalue weighted by Crippen LogP contribution is -2.56. The van der Waals surface area contributed by atoms with E-state index in [1.54, 1.807) is 32.4 Å². The predicted molar refractivity (Wildman–Crippen MR) is 98.3 cm³/mol. The molecule has 0 spiro atoms. The average molecular weight is 345 g/mol. The Morgan fingerprint density at radius 3 is 2.60 bits per heavy atom. The molecule has 4 atom stereocenters. The second kappa shape index (κ2) is 7.78. The molecule has 0 aromatic heterocycles. The van der Waals surface area contributed by atoms with Crippen LogP contribution >= 0.6 is 0 Å². The fourth-order valence-corrected chi connectivity index (χ4v) is 3.92. The average Bonchev–Trinajstić information content (AvgIpc) is 2.66. The number of carbonyl (C=O) groups excluding carboxylic acids is 1. The van der Waals surface area contributed by atoms with Gasteiger partial charge in [0, 0.05) is 43.0 Å². The molecule has 0 saturated carbocycles. The maximum Gasteiger partial charge on any atom is 0.319 e. The topological polar surface area (TPSA) is 62.8 Å². The van der Waals surface area contributed by atoms with Crippen LogP contribution in [-0.4, -0.2) is 50.8 Å². The summed E-state index contributed by atoms with van der Waals surface area (Å²) in [5.74, 6) is 2.59. The predicted octanol–water partition coefficient (Wildman–Crippen LogP) is 2.72. The highest BCUT2D eigenvalue weighted by atomic mass is 16.5. The van der Waals surface area contributed by atoms with Crippen LogP contribution in [0.4, 0.5) is 10.5 Å². The minimum absolute atomic E-state index is 0.210. The molecule has 3 heterocycles. The minimum atomic E-state index is -0.210. The molecule has 2 bridgehead atoms. The van der Waals surface area contributed by atoms with Gasteiger partial charge in [0.25, 0.3) is 0 Å². The Balaban J connectivity index is 1.53. The first-order chi connectivity index (χ1) is 12.1. The maximum atomic E-state index is 12.2. The Labute approximate surface area is 149 Å². The molecular formula is C19H27N3O3. The van der Waals surface area contributed by atoms with Gasteiger partial charge in [-0.15, -0.1) is 6.58 Å². The van der Waals surface area contributed by atoms with Crippen LogP contribution < -0.4 is 20.1 Å². The van der Waals surface area contributed by atoms with Crippen molar-refractivity contribution in [3.05, 3.63) is 30.9 Å². The molecule has 3 aliphatic rings. The van der Waals surface area contributed by atoms with E-state index in [-0.39, 0.29) is 6.03 Å². The van der Waals surface area contributed by atoms with E-state index in [0.29, 0.717) is 41.6 Å². The van der Waals surface area contributed by atoms with E-state index in [0.717, 1.165) is 19.5 Å². The van der Waals surface area contributed by atoms with E-state index in [1.165, 1.54) is 6.42 Å². The number of rotatable bonds is 6. The summed E-state index contributed by atoms with van der Waals surface area (Å²) in [5, 5.41) is 5.84. The van der Waals surface area contributed by atoms with Crippen LogP contribution in [0.3, 0.4) is 0 Å². The zero-order valence-corrected chi connectivity index (χ0v) is 15.0. The van der Waals surface area contributed by atoms with Gasteiger partial charge in [-0.25, -0.2) is 4.79 Å². The lowest BCUT2D eigenvalue weighted by atomic mass is 9.75. The van der Waals surface area contributed by atoms with Crippen molar-refractivity contribution in [1.82, 2.24) is 10.2 Å². The molecule has 2 N–H and O–H groups in total. The van der Waals surface area contributed by atoms with E-state index in [1.807, 2.05) is 0 Å². The summed E-state index contributed by atoms with van der Waals surface area (Å²) in [7, 11) is 3.17. The molecule has 136 valence electrons. The van der Waals surface area contributed by atoms with E-state index >= 15 is 0 Å². The molecular weight excluding hydrogens is 318 g/mol. The first-order valence-electron chi connectivity index (χ1n) is 8.77. The van der Waals surface area contributed by atoms with E-state index < -0.39 is 0 Å². The fourth-order valence-electron chi connectivity index (χ4n) is 3.92. The summed E-state index contributed by atoms with van der Waals surface area (Å²) >= 11 is 0. The second-order valence-electron chi connectivity index (χ2n) is 6.77. The van der Waals surface area contributed by atoms with Crippen molar-refractivity contribution in [2.45, 2.75) is 18.9 Å². The van der Waals surface area contributed by atoms with Gasteiger partial charge >= 0.3 is 6.03 Å². The van der Waals surface area contributed by atoms with Gasteiger partial charge in [0.2, 0.25) is 0 Å².